The molecule has 0 saturated carbocycles. The highest BCUT2D eigenvalue weighted by atomic mass is 19.1. The number of morpholine rings is 1. The summed E-state index contributed by atoms with van der Waals surface area (Å²) in [5, 5.41) is 5.76. The van der Waals surface area contributed by atoms with E-state index in [0.29, 0.717) is 19.5 Å². The second kappa shape index (κ2) is 8.26. The Morgan fingerprint density at radius 1 is 1.22 bits per heavy atom. The maximum absolute atomic E-state index is 12.8. The van der Waals surface area contributed by atoms with Crippen molar-refractivity contribution in [3.05, 3.63) is 35.6 Å². The lowest BCUT2D eigenvalue weighted by Crippen LogP contribution is -2.56. The minimum atomic E-state index is -0.246. The fourth-order valence-electron chi connectivity index (χ4n) is 2.61. The van der Waals surface area contributed by atoms with Crippen molar-refractivity contribution in [1.82, 2.24) is 15.5 Å². The molecular weight excluding hydrogens is 297 g/mol. The molecule has 1 aromatic carbocycles. The molecule has 128 valence electrons. The van der Waals surface area contributed by atoms with E-state index in [2.05, 4.69) is 29.4 Å². The molecule has 1 aliphatic heterocycles. The van der Waals surface area contributed by atoms with Crippen molar-refractivity contribution in [2.45, 2.75) is 25.8 Å². The first-order valence-electron chi connectivity index (χ1n) is 8.06. The van der Waals surface area contributed by atoms with Crippen LogP contribution in [0.4, 0.5) is 9.18 Å². The summed E-state index contributed by atoms with van der Waals surface area (Å²) in [5.41, 5.74) is 0.901. The first-order chi connectivity index (χ1) is 11.0. The zero-order valence-corrected chi connectivity index (χ0v) is 13.9. The van der Waals surface area contributed by atoms with Gasteiger partial charge in [-0.05, 0) is 38.0 Å². The van der Waals surface area contributed by atoms with Crippen molar-refractivity contribution in [3.8, 4) is 0 Å². The first kappa shape index (κ1) is 17.7. The van der Waals surface area contributed by atoms with Crippen LogP contribution in [0, 0.1) is 5.82 Å². The number of carbonyl (C=O) groups is 1. The van der Waals surface area contributed by atoms with Crippen molar-refractivity contribution in [2.75, 3.05) is 39.4 Å². The first-order valence-corrected chi connectivity index (χ1v) is 8.06. The third-order valence-electron chi connectivity index (χ3n) is 4.16. The number of ether oxygens (including phenoxy) is 1. The van der Waals surface area contributed by atoms with Crippen LogP contribution < -0.4 is 10.6 Å². The van der Waals surface area contributed by atoms with Crippen molar-refractivity contribution < 1.29 is 13.9 Å². The van der Waals surface area contributed by atoms with Gasteiger partial charge in [-0.15, -0.1) is 0 Å². The summed E-state index contributed by atoms with van der Waals surface area (Å²) >= 11 is 0. The van der Waals surface area contributed by atoms with Crippen molar-refractivity contribution in [2.24, 2.45) is 0 Å². The Bertz CT molecular complexity index is 499. The Hall–Kier alpha value is -1.66. The number of hydrogen-bond donors (Lipinski definition) is 2. The van der Waals surface area contributed by atoms with Crippen LogP contribution in [0.3, 0.4) is 0 Å². The van der Waals surface area contributed by atoms with E-state index in [-0.39, 0.29) is 17.4 Å². The van der Waals surface area contributed by atoms with Crippen LogP contribution in [0.5, 0.6) is 0 Å². The maximum Gasteiger partial charge on any atom is 0.314 e. The molecule has 6 heteroatoms. The molecule has 0 unspecified atom stereocenters. The van der Waals surface area contributed by atoms with E-state index < -0.39 is 0 Å². The van der Waals surface area contributed by atoms with Gasteiger partial charge in [0.25, 0.3) is 0 Å². The number of amides is 2. The number of rotatable bonds is 6. The fourth-order valence-corrected chi connectivity index (χ4v) is 2.61. The molecule has 2 rings (SSSR count). The molecule has 2 amide bonds. The number of halogens is 1. The van der Waals surface area contributed by atoms with Gasteiger partial charge in [-0.1, -0.05) is 12.1 Å². The summed E-state index contributed by atoms with van der Waals surface area (Å²) in [6.07, 6.45) is 0.681. The van der Waals surface area contributed by atoms with Gasteiger partial charge >= 0.3 is 6.03 Å². The third-order valence-corrected chi connectivity index (χ3v) is 4.16. The van der Waals surface area contributed by atoms with E-state index in [0.717, 1.165) is 31.9 Å². The van der Waals surface area contributed by atoms with Gasteiger partial charge in [-0.3, -0.25) is 4.90 Å². The van der Waals surface area contributed by atoms with Crippen molar-refractivity contribution >= 4 is 6.03 Å². The van der Waals surface area contributed by atoms with Gasteiger partial charge in [0.15, 0.2) is 0 Å². The molecule has 1 saturated heterocycles. The topological polar surface area (TPSA) is 53.6 Å². The molecule has 0 radical (unpaired) electrons. The Morgan fingerprint density at radius 3 is 2.52 bits per heavy atom. The van der Waals surface area contributed by atoms with E-state index in [9.17, 15) is 9.18 Å². The highest BCUT2D eigenvalue weighted by molar-refractivity contribution is 5.73. The number of carbonyl (C=O) groups excluding carboxylic acids is 1. The van der Waals surface area contributed by atoms with Crippen LogP contribution in [0.2, 0.25) is 0 Å². The Kier molecular flexibility index (Phi) is 6.36. The van der Waals surface area contributed by atoms with E-state index >= 15 is 0 Å². The van der Waals surface area contributed by atoms with E-state index in [1.54, 1.807) is 12.1 Å². The van der Waals surface area contributed by atoms with Crippen LogP contribution in [0.25, 0.3) is 0 Å². The van der Waals surface area contributed by atoms with Gasteiger partial charge < -0.3 is 15.4 Å². The normalized spacial score (nSPS) is 16.1. The van der Waals surface area contributed by atoms with Crippen LogP contribution >= 0.6 is 0 Å². The molecule has 1 fully saturated rings. The lowest BCUT2D eigenvalue weighted by molar-refractivity contribution is -0.00874. The molecule has 0 bridgehead atoms. The number of nitrogens with one attached hydrogen (secondary N) is 2. The smallest absolute Gasteiger partial charge is 0.314 e. The molecule has 0 spiro atoms. The van der Waals surface area contributed by atoms with Gasteiger partial charge in [0.1, 0.15) is 5.82 Å². The van der Waals surface area contributed by atoms with E-state index in [1.165, 1.54) is 12.1 Å². The SMILES string of the molecule is CC(C)(CNC(=O)NCCc1ccc(F)cc1)N1CCOCC1. The molecule has 1 aromatic rings. The second-order valence-corrected chi connectivity index (χ2v) is 6.40. The Labute approximate surface area is 137 Å². The minimum absolute atomic E-state index is 0.0991. The average molecular weight is 323 g/mol. The lowest BCUT2D eigenvalue weighted by atomic mass is 10.0. The van der Waals surface area contributed by atoms with Crippen molar-refractivity contribution in [3.63, 3.8) is 0 Å². The zero-order chi connectivity index (χ0) is 16.7. The van der Waals surface area contributed by atoms with Gasteiger partial charge in [-0.2, -0.15) is 0 Å². The van der Waals surface area contributed by atoms with Crippen LogP contribution in [-0.4, -0.2) is 55.9 Å². The van der Waals surface area contributed by atoms with Gasteiger partial charge in [0, 0.05) is 31.7 Å². The minimum Gasteiger partial charge on any atom is -0.379 e. The van der Waals surface area contributed by atoms with Crippen LogP contribution in [0.1, 0.15) is 19.4 Å². The van der Waals surface area contributed by atoms with Gasteiger partial charge in [-0.25, -0.2) is 9.18 Å². The van der Waals surface area contributed by atoms with Gasteiger partial charge in [0.05, 0.1) is 13.2 Å². The number of urea groups is 1. The maximum atomic E-state index is 12.8. The summed E-state index contributed by atoms with van der Waals surface area (Å²) in [7, 11) is 0. The number of hydrogen-bond acceptors (Lipinski definition) is 3. The summed E-state index contributed by atoms with van der Waals surface area (Å²) in [4.78, 5) is 14.2. The van der Waals surface area contributed by atoms with Crippen molar-refractivity contribution in [1.29, 1.82) is 0 Å². The van der Waals surface area contributed by atoms with E-state index in [4.69, 9.17) is 4.74 Å². The highest BCUT2D eigenvalue weighted by Gasteiger charge is 2.28. The molecule has 1 heterocycles. The molecule has 0 aliphatic carbocycles. The molecule has 1 aliphatic rings. The third kappa shape index (κ3) is 5.80. The van der Waals surface area contributed by atoms with Crippen LogP contribution in [0.15, 0.2) is 24.3 Å². The number of benzene rings is 1. The predicted octanol–water partition coefficient (Wildman–Crippen LogP) is 1.78. The molecule has 0 aromatic heterocycles. The lowest BCUT2D eigenvalue weighted by Gasteiger charge is -2.40. The van der Waals surface area contributed by atoms with Crippen LogP contribution in [-0.2, 0) is 11.2 Å². The quantitative estimate of drug-likeness (QED) is 0.839. The monoisotopic (exact) mass is 323 g/mol. The molecular formula is C17H26FN3O2. The van der Waals surface area contributed by atoms with E-state index in [1.807, 2.05) is 0 Å². The molecule has 0 atom stereocenters. The fraction of sp³-hybridized carbons (Fsp3) is 0.588. The second-order valence-electron chi connectivity index (χ2n) is 6.40. The highest BCUT2D eigenvalue weighted by Crippen LogP contribution is 2.14. The summed E-state index contributed by atoms with van der Waals surface area (Å²) in [5.74, 6) is -0.246. The summed E-state index contributed by atoms with van der Waals surface area (Å²) in [6, 6.07) is 6.15. The molecule has 5 nitrogen and oxygen atoms in total. The Morgan fingerprint density at radius 2 is 1.87 bits per heavy atom. The van der Waals surface area contributed by atoms with Gasteiger partial charge in [0.2, 0.25) is 0 Å². The average Bonchev–Trinajstić information content (AvgIpc) is 2.56. The largest absolute Gasteiger partial charge is 0.379 e. The molecule has 23 heavy (non-hydrogen) atoms. The standard InChI is InChI=1S/C17H26FN3O2/c1-17(2,21-9-11-23-12-10-21)13-20-16(22)19-8-7-14-3-5-15(18)6-4-14/h3-6H,7-13H2,1-2H3,(H2,19,20,22). The zero-order valence-electron chi connectivity index (χ0n) is 13.9. The summed E-state index contributed by atoms with van der Waals surface area (Å²) in [6.45, 7) is 8.61. The Balaban J connectivity index is 1.67. The molecule has 2 N–H and O–H groups in total. The summed E-state index contributed by atoms with van der Waals surface area (Å²) < 4.78 is 18.2. The number of nitrogens with zero attached hydrogens (tertiary/aromatic N) is 1. The predicted molar refractivity (Wildman–Crippen MR) is 88.0 cm³/mol.